The van der Waals surface area contributed by atoms with Crippen LogP contribution >= 0.6 is 0 Å². The standard InChI is InChI=1S/C19H32N4O3/c1-13-11-15-16(14(2)26-13)20-23(9-10-25-6)17(15)18(24)22-8-7-21(5)19(3,4)12-22/h13-14H,7-12H2,1-6H3/t13-,14+/m0/s1. The molecular formula is C19H32N4O3. The molecule has 3 rings (SSSR count). The zero-order valence-electron chi connectivity index (χ0n) is 16.9. The number of hydrogen-bond donors (Lipinski definition) is 0. The summed E-state index contributed by atoms with van der Waals surface area (Å²) in [7, 11) is 3.79. The van der Waals surface area contributed by atoms with E-state index >= 15 is 0 Å². The lowest BCUT2D eigenvalue weighted by Gasteiger charge is -2.45. The van der Waals surface area contributed by atoms with Crippen LogP contribution in [0, 0.1) is 0 Å². The van der Waals surface area contributed by atoms with E-state index in [2.05, 4.69) is 32.7 Å². The van der Waals surface area contributed by atoms with Crippen LogP contribution in [0.2, 0.25) is 0 Å². The van der Waals surface area contributed by atoms with Crippen molar-refractivity contribution in [3.8, 4) is 0 Å². The number of carbonyl (C=O) groups is 1. The number of piperazine rings is 1. The van der Waals surface area contributed by atoms with Crippen LogP contribution in [-0.4, -0.2) is 77.5 Å². The predicted octanol–water partition coefficient (Wildman–Crippen LogP) is 1.72. The van der Waals surface area contributed by atoms with E-state index in [-0.39, 0.29) is 23.7 Å². The van der Waals surface area contributed by atoms with Crippen LogP contribution in [0.4, 0.5) is 0 Å². The van der Waals surface area contributed by atoms with Gasteiger partial charge in [0.25, 0.3) is 5.91 Å². The molecule has 3 heterocycles. The number of carbonyl (C=O) groups excluding carboxylic acids is 1. The first-order valence-corrected chi connectivity index (χ1v) is 9.49. The maximum absolute atomic E-state index is 13.5. The summed E-state index contributed by atoms with van der Waals surface area (Å²) >= 11 is 0. The quantitative estimate of drug-likeness (QED) is 0.814. The highest BCUT2D eigenvalue weighted by Gasteiger charge is 2.38. The van der Waals surface area contributed by atoms with E-state index in [9.17, 15) is 4.79 Å². The molecular weight excluding hydrogens is 332 g/mol. The molecule has 0 saturated carbocycles. The Kier molecular flexibility index (Phi) is 5.42. The first kappa shape index (κ1) is 19.3. The molecule has 7 heteroatoms. The Labute approximate surface area is 156 Å². The third kappa shape index (κ3) is 3.52. The summed E-state index contributed by atoms with van der Waals surface area (Å²) in [5.74, 6) is 0.0809. The fourth-order valence-electron chi connectivity index (χ4n) is 3.94. The Morgan fingerprint density at radius 3 is 2.73 bits per heavy atom. The molecule has 1 amide bonds. The average Bonchev–Trinajstić information content (AvgIpc) is 2.93. The molecule has 0 unspecified atom stereocenters. The molecule has 2 aliphatic heterocycles. The summed E-state index contributed by atoms with van der Waals surface area (Å²) in [6.07, 6.45) is 0.728. The van der Waals surface area contributed by atoms with Crippen LogP contribution in [0.25, 0.3) is 0 Å². The molecule has 1 aromatic rings. The van der Waals surface area contributed by atoms with Gasteiger partial charge in [0.1, 0.15) is 5.69 Å². The first-order valence-electron chi connectivity index (χ1n) is 9.49. The minimum absolute atomic E-state index is 0.0327. The Morgan fingerprint density at radius 2 is 2.08 bits per heavy atom. The van der Waals surface area contributed by atoms with Crippen LogP contribution < -0.4 is 0 Å². The molecule has 0 bridgehead atoms. The van der Waals surface area contributed by atoms with Crippen LogP contribution in [0.1, 0.15) is 55.5 Å². The molecule has 2 aliphatic rings. The second kappa shape index (κ2) is 7.29. The van der Waals surface area contributed by atoms with Crippen molar-refractivity contribution in [1.29, 1.82) is 0 Å². The van der Waals surface area contributed by atoms with Crippen LogP contribution in [0.3, 0.4) is 0 Å². The highest BCUT2D eigenvalue weighted by Crippen LogP contribution is 2.32. The van der Waals surface area contributed by atoms with Crippen molar-refractivity contribution in [1.82, 2.24) is 19.6 Å². The topological polar surface area (TPSA) is 59.8 Å². The number of methoxy groups -OCH3 is 1. The number of ether oxygens (including phenoxy) is 2. The summed E-state index contributed by atoms with van der Waals surface area (Å²) in [5.41, 5.74) is 2.64. The van der Waals surface area contributed by atoms with Gasteiger partial charge in [-0.05, 0) is 34.7 Å². The van der Waals surface area contributed by atoms with Gasteiger partial charge in [0, 0.05) is 44.3 Å². The molecule has 2 atom stereocenters. The van der Waals surface area contributed by atoms with E-state index in [1.807, 2.05) is 16.5 Å². The molecule has 26 heavy (non-hydrogen) atoms. The number of fused-ring (bicyclic) bond motifs is 1. The maximum atomic E-state index is 13.5. The zero-order chi connectivity index (χ0) is 19.1. The van der Waals surface area contributed by atoms with Gasteiger partial charge in [-0.1, -0.05) is 0 Å². The van der Waals surface area contributed by atoms with Crippen molar-refractivity contribution in [2.24, 2.45) is 0 Å². The monoisotopic (exact) mass is 364 g/mol. The van der Waals surface area contributed by atoms with E-state index in [0.717, 1.165) is 36.5 Å². The van der Waals surface area contributed by atoms with Gasteiger partial charge in [-0.25, -0.2) is 0 Å². The SMILES string of the molecule is COCCn1nc2c(c1C(=O)N1CCN(C)C(C)(C)C1)C[C@H](C)O[C@@H]2C. The third-order valence-corrected chi connectivity index (χ3v) is 5.71. The molecule has 0 N–H and O–H groups in total. The van der Waals surface area contributed by atoms with Gasteiger partial charge in [0.05, 0.1) is 31.1 Å². The predicted molar refractivity (Wildman–Crippen MR) is 99.4 cm³/mol. The van der Waals surface area contributed by atoms with Crippen molar-refractivity contribution < 1.29 is 14.3 Å². The van der Waals surface area contributed by atoms with E-state index in [1.165, 1.54) is 0 Å². The number of rotatable bonds is 4. The van der Waals surface area contributed by atoms with E-state index in [4.69, 9.17) is 14.6 Å². The Morgan fingerprint density at radius 1 is 1.35 bits per heavy atom. The molecule has 0 spiro atoms. The van der Waals surface area contributed by atoms with Crippen molar-refractivity contribution in [2.45, 2.75) is 58.4 Å². The number of nitrogens with zero attached hydrogens (tertiary/aromatic N) is 4. The summed E-state index contributed by atoms with van der Waals surface area (Å²) in [5, 5.41) is 4.72. The van der Waals surface area contributed by atoms with Gasteiger partial charge in [0.2, 0.25) is 0 Å². The van der Waals surface area contributed by atoms with E-state index < -0.39 is 0 Å². The normalized spacial score (nSPS) is 26.0. The third-order valence-electron chi connectivity index (χ3n) is 5.71. The van der Waals surface area contributed by atoms with Gasteiger partial charge in [0.15, 0.2) is 0 Å². The Balaban J connectivity index is 1.96. The van der Waals surface area contributed by atoms with Gasteiger partial charge in [-0.15, -0.1) is 0 Å². The lowest BCUT2D eigenvalue weighted by atomic mass is 9.97. The van der Waals surface area contributed by atoms with E-state index in [0.29, 0.717) is 19.7 Å². The lowest BCUT2D eigenvalue weighted by Crippen LogP contribution is -2.59. The fourth-order valence-corrected chi connectivity index (χ4v) is 3.94. The molecule has 0 aromatic carbocycles. The molecule has 1 saturated heterocycles. The second-order valence-corrected chi connectivity index (χ2v) is 8.18. The highest BCUT2D eigenvalue weighted by atomic mass is 16.5. The number of likely N-dealkylation sites (N-methyl/N-ethyl adjacent to an activating group) is 1. The minimum atomic E-state index is -0.0898. The zero-order valence-corrected chi connectivity index (χ0v) is 16.9. The Bertz CT molecular complexity index is 670. The van der Waals surface area contributed by atoms with Gasteiger partial charge in [-0.2, -0.15) is 5.10 Å². The van der Waals surface area contributed by atoms with Crippen LogP contribution in [-0.2, 0) is 22.4 Å². The number of hydrogen-bond acceptors (Lipinski definition) is 5. The molecule has 0 radical (unpaired) electrons. The minimum Gasteiger partial charge on any atom is -0.383 e. The Hall–Kier alpha value is -1.44. The summed E-state index contributed by atoms with van der Waals surface area (Å²) in [6, 6.07) is 0. The maximum Gasteiger partial charge on any atom is 0.272 e. The average molecular weight is 364 g/mol. The van der Waals surface area contributed by atoms with Crippen LogP contribution in [0.15, 0.2) is 0 Å². The van der Waals surface area contributed by atoms with Crippen molar-refractivity contribution in [2.75, 3.05) is 40.4 Å². The summed E-state index contributed by atoms with van der Waals surface area (Å²) in [4.78, 5) is 17.8. The summed E-state index contributed by atoms with van der Waals surface area (Å²) < 4.78 is 13.0. The smallest absolute Gasteiger partial charge is 0.272 e. The highest BCUT2D eigenvalue weighted by molar-refractivity contribution is 5.94. The molecule has 1 aromatic heterocycles. The fraction of sp³-hybridized carbons (Fsp3) is 0.789. The van der Waals surface area contributed by atoms with Crippen LogP contribution in [0.5, 0.6) is 0 Å². The molecule has 7 nitrogen and oxygen atoms in total. The van der Waals surface area contributed by atoms with E-state index in [1.54, 1.807) is 7.11 Å². The lowest BCUT2D eigenvalue weighted by molar-refractivity contribution is -0.00729. The van der Waals surface area contributed by atoms with Crippen molar-refractivity contribution >= 4 is 5.91 Å². The second-order valence-electron chi connectivity index (χ2n) is 8.18. The number of aromatic nitrogens is 2. The van der Waals surface area contributed by atoms with Gasteiger partial charge < -0.3 is 14.4 Å². The molecule has 146 valence electrons. The van der Waals surface area contributed by atoms with Gasteiger partial charge >= 0.3 is 0 Å². The number of amides is 1. The first-order chi connectivity index (χ1) is 12.2. The molecule has 0 aliphatic carbocycles. The van der Waals surface area contributed by atoms with Crippen molar-refractivity contribution in [3.63, 3.8) is 0 Å². The summed E-state index contributed by atoms with van der Waals surface area (Å²) in [6.45, 7) is 11.9. The largest absolute Gasteiger partial charge is 0.383 e. The molecule has 1 fully saturated rings. The van der Waals surface area contributed by atoms with Crippen molar-refractivity contribution in [3.05, 3.63) is 17.0 Å². The van der Waals surface area contributed by atoms with Gasteiger partial charge in [-0.3, -0.25) is 14.4 Å².